The first-order valence-corrected chi connectivity index (χ1v) is 45.2. The fourth-order valence-corrected chi connectivity index (χ4v) is 31.4. The summed E-state index contributed by atoms with van der Waals surface area (Å²) in [4.78, 5) is 35.7. The number of rotatable bonds is 15. The monoisotopic (exact) mass is 1580 g/mol. The maximum Gasteiger partial charge on any atom is 1.00 e. The number of halogens is 8. The van der Waals surface area contributed by atoms with Crippen molar-refractivity contribution in [3.05, 3.63) is 297 Å². The second kappa shape index (κ2) is 47.8. The van der Waals surface area contributed by atoms with Crippen LogP contribution >= 0.6 is 77.4 Å². The van der Waals surface area contributed by atoms with E-state index in [9.17, 15) is 23.9 Å². The molecule has 9 rings (SSSR count). The number of alkyl halides is 5. The minimum atomic E-state index is -3.51. The Morgan fingerprint density at radius 3 is 0.833 bits per heavy atom. The molecular weight excluding hydrogens is 1520 g/mol. The number of hydrogen-bond donors (Lipinski definition) is 0. The Morgan fingerprint density at radius 1 is 0.440 bits per heavy atom. The molecule has 424 valence electrons. The predicted molar refractivity (Wildman–Crippen MR) is 349 cm³/mol. The van der Waals surface area contributed by atoms with E-state index in [1.54, 1.807) is 66.7 Å². The summed E-state index contributed by atoms with van der Waals surface area (Å²) >= 11 is 10.5. The van der Waals surface area contributed by atoms with Crippen molar-refractivity contribution in [2.24, 2.45) is 0 Å². The van der Waals surface area contributed by atoms with Gasteiger partial charge in [-0.2, -0.15) is 0 Å². The van der Waals surface area contributed by atoms with Crippen molar-refractivity contribution in [2.75, 3.05) is 31.3 Å². The largest absolute Gasteiger partial charge is 1.00 e. The molecule has 0 aromatic heterocycles. The summed E-state index contributed by atoms with van der Waals surface area (Å²) in [5, 5.41) is 10.1. The van der Waals surface area contributed by atoms with Crippen LogP contribution in [0.4, 0.5) is 4.39 Å². The van der Waals surface area contributed by atoms with E-state index in [1.807, 2.05) is 146 Å². The standard InChI is InChI=1S/C28H24GeO4.C14H14Cl2Ge.C12H10Cl2Ge.C7H6O2.CH2ClI.CH3F.CH3.BrH.2Li.Na/c30-27(23-13-5-1-6-14-23)32-21-29(25-17-9-3-10-18-25,26-19-11-4-12-20-26)22-33-28(31)24-15-7-2-8-16-24;15-11-17(12-16,13-7-3-1-4-8-13)14-9-5-2-6-10-14;13-15(14,11-7-3-1-4-8-11)12-9-5-2-6-10-12;8-7(9)6-4-2-1-3-5-6;2-1-3;1-2;;;;;/h1-20H,21-22H2;1-10H,11-12H2;1-10H;1-5H,(H,8,9);1H2;1H3;1H3;1H;;;/q;;;;;;-1;;3*+1/p-2/i;;;;;1D;;;;;. The predicted octanol–water partition coefficient (Wildman–Crippen LogP) is 0.288. The maximum absolute atomic E-state index is 12.8. The van der Waals surface area contributed by atoms with E-state index in [4.69, 9.17) is 65.7 Å². The van der Waals surface area contributed by atoms with Crippen molar-refractivity contribution < 1.29 is 119 Å². The summed E-state index contributed by atoms with van der Waals surface area (Å²) in [6.07, 6.45) is 0. The number of aromatic carboxylic acids is 1. The van der Waals surface area contributed by atoms with Gasteiger partial charge >= 0.3 is 480 Å². The van der Waals surface area contributed by atoms with E-state index in [0.717, 1.165) is 17.6 Å². The van der Waals surface area contributed by atoms with Crippen LogP contribution in [0.2, 0.25) is 0 Å². The van der Waals surface area contributed by atoms with Crippen molar-refractivity contribution in [2.45, 2.75) is 0 Å². The van der Waals surface area contributed by atoms with Gasteiger partial charge in [0.2, 0.25) is 0 Å². The van der Waals surface area contributed by atoms with Crippen LogP contribution in [0.15, 0.2) is 273 Å². The Morgan fingerprint density at radius 2 is 0.631 bits per heavy atom. The normalized spacial score (nSPS) is 10.0. The van der Waals surface area contributed by atoms with Gasteiger partial charge in [0, 0.05) is 0 Å². The van der Waals surface area contributed by atoms with Crippen molar-refractivity contribution in [1.29, 1.82) is 0 Å². The topological polar surface area (TPSA) is 92.7 Å². The first-order chi connectivity index (χ1) is 38.9. The third kappa shape index (κ3) is 26.9. The minimum Gasteiger partial charge on any atom is 1.00 e. The molecule has 0 spiro atoms. The van der Waals surface area contributed by atoms with Crippen molar-refractivity contribution in [1.82, 2.24) is 0 Å². The smallest absolute Gasteiger partial charge is 1.00 e. The van der Waals surface area contributed by atoms with Gasteiger partial charge in [-0.15, -0.1) is 11.6 Å². The van der Waals surface area contributed by atoms with Crippen LogP contribution in [0.3, 0.4) is 0 Å². The number of carboxylic acids is 1. The summed E-state index contributed by atoms with van der Waals surface area (Å²) in [5.41, 5.74) is 1.61. The van der Waals surface area contributed by atoms with Crippen LogP contribution in [-0.4, -0.2) is 87.2 Å². The molecule has 0 fully saturated rings. The van der Waals surface area contributed by atoms with Crippen LogP contribution in [0.5, 0.6) is 0 Å². The number of ether oxygens (including phenoxy) is 2. The van der Waals surface area contributed by atoms with Gasteiger partial charge in [-0.3, -0.25) is 4.39 Å². The molecule has 6 nitrogen and oxygen atoms in total. The van der Waals surface area contributed by atoms with Crippen molar-refractivity contribution >= 4 is 160 Å². The molecular formula is C64H61BrCl5FGe3ILi2NaO6. The molecule has 9 aromatic rings. The SMILES string of the molecule is ClCI.Cl[CH2][Ge]([CH2]Cl)([c]1ccccc1)[c]1ccccc1.O=C(O[CH2][Ge]([CH2]OC(=O)c1ccccc1)([c]1ccccc1)[c]1ccccc1)c1ccccc1.O=C([O-])c1ccccc1.[2H]CF.[Br-].[CH3-].[Cl][Ge]([Cl])([c]1ccccc1)[c]1ccccc1.[Li+].[Li+].[Na+]. The number of carboxylic acid groups (broad SMARTS) is 1. The number of benzene rings is 9. The van der Waals surface area contributed by atoms with Crippen LogP contribution in [0.25, 0.3) is 0 Å². The molecule has 0 amide bonds. The Bertz CT molecular complexity index is 2950. The van der Waals surface area contributed by atoms with Crippen LogP contribution in [0, 0.1) is 7.43 Å². The van der Waals surface area contributed by atoms with Gasteiger partial charge < -0.3 is 34.3 Å². The quantitative estimate of drug-likeness (QED) is 0.0483. The molecule has 0 heterocycles. The molecule has 0 saturated heterocycles. The van der Waals surface area contributed by atoms with E-state index in [2.05, 4.69) is 71.1 Å². The van der Waals surface area contributed by atoms with Crippen LogP contribution in [0.1, 0.15) is 32.4 Å². The van der Waals surface area contributed by atoms with E-state index < -0.39 is 51.1 Å². The van der Waals surface area contributed by atoms with Gasteiger partial charge in [-0.25, -0.2) is 0 Å². The Labute approximate surface area is 599 Å². The minimum absolute atomic E-state index is 0. The Kier molecular flexibility index (Phi) is 46.5. The fraction of sp³-hybridized carbons (Fsp3) is 0.0938. The summed E-state index contributed by atoms with van der Waals surface area (Å²) in [6, 6.07) is 86.7. The van der Waals surface area contributed by atoms with E-state index in [-0.39, 0.29) is 120 Å². The van der Waals surface area contributed by atoms with Crippen LogP contribution < -0.4 is 116 Å². The fourth-order valence-electron chi connectivity index (χ4n) is 7.81. The molecule has 9 aromatic carbocycles. The van der Waals surface area contributed by atoms with Gasteiger partial charge in [0.15, 0.2) is 0 Å². The summed E-state index contributed by atoms with van der Waals surface area (Å²) in [6.45, 7) is 0. The summed E-state index contributed by atoms with van der Waals surface area (Å²) in [5.74, 6) is -1.89. The summed E-state index contributed by atoms with van der Waals surface area (Å²) in [7, 11) is 12.1. The zero-order chi connectivity index (χ0) is 57.9. The third-order valence-electron chi connectivity index (χ3n) is 12.0. The van der Waals surface area contributed by atoms with Crippen molar-refractivity contribution in [3.8, 4) is 0 Å². The molecule has 0 aliphatic heterocycles. The second-order valence-electron chi connectivity index (χ2n) is 16.8. The Hall–Kier alpha value is -2.20. The molecule has 84 heavy (non-hydrogen) atoms. The van der Waals surface area contributed by atoms with Gasteiger partial charge in [0.1, 0.15) is 0 Å². The van der Waals surface area contributed by atoms with Gasteiger partial charge in [0.05, 0.1) is 18.4 Å². The van der Waals surface area contributed by atoms with Gasteiger partial charge in [-0.05, 0) is 5.56 Å². The van der Waals surface area contributed by atoms with Gasteiger partial charge in [0.25, 0.3) is 0 Å². The van der Waals surface area contributed by atoms with Gasteiger partial charge in [-0.1, -0.05) is 52.9 Å². The number of carbonyl (C=O) groups is 3. The molecule has 0 radical (unpaired) electrons. The Balaban J connectivity index is 0. The molecule has 0 aliphatic carbocycles. The molecule has 20 heteroatoms. The molecule has 0 atom stereocenters. The number of esters is 2. The zero-order valence-corrected chi connectivity index (χ0v) is 63.0. The van der Waals surface area contributed by atoms with E-state index >= 15 is 0 Å². The zero-order valence-electron chi connectivity index (χ0n) is 48.2. The first kappa shape index (κ1) is 81.8. The van der Waals surface area contributed by atoms with Crippen molar-refractivity contribution in [3.63, 3.8) is 0 Å². The summed E-state index contributed by atoms with van der Waals surface area (Å²) < 4.78 is 36.3. The number of hydrogen-bond acceptors (Lipinski definition) is 6. The van der Waals surface area contributed by atoms with E-state index in [0.29, 0.717) is 24.4 Å². The molecule has 0 N–H and O–H groups in total. The average Bonchev–Trinajstić information content (AvgIpc) is 3.72. The number of carbonyl (C=O) groups excluding carboxylic acids is 3. The molecule has 0 unspecified atom stereocenters. The van der Waals surface area contributed by atoms with Crippen LogP contribution in [-0.2, 0) is 9.47 Å². The van der Waals surface area contributed by atoms with E-state index in [1.165, 1.54) is 20.9 Å². The molecule has 0 aliphatic rings. The maximum atomic E-state index is 12.8. The molecule has 0 saturated carbocycles. The molecule has 0 bridgehead atoms. The average molecular weight is 1580 g/mol. The third-order valence-corrected chi connectivity index (χ3v) is 42.3. The first-order valence-electron chi connectivity index (χ1n) is 25.1. The second-order valence-corrected chi connectivity index (χ2v) is 49.5.